The van der Waals surface area contributed by atoms with Crippen LogP contribution < -0.4 is 0 Å². The monoisotopic (exact) mass is 351 g/mol. The first-order chi connectivity index (χ1) is 11.4. The van der Waals surface area contributed by atoms with Crippen molar-refractivity contribution in [3.8, 4) is 0 Å². The van der Waals surface area contributed by atoms with E-state index in [0.29, 0.717) is 13.1 Å². The minimum absolute atomic E-state index is 0.113. The molecule has 1 aliphatic heterocycles. The number of sulfonamides is 1. The van der Waals surface area contributed by atoms with Gasteiger partial charge >= 0.3 is 0 Å². The first-order valence-corrected chi connectivity index (χ1v) is 10.1. The van der Waals surface area contributed by atoms with Gasteiger partial charge in [-0.15, -0.1) is 0 Å². The second kappa shape index (κ2) is 6.80. The SMILES string of the molecule is C[C@@H](c1ccncc1)N(C)S(=O)(=O)C1CN(C(=O)C2CCCC2)C1. The Morgan fingerprint density at radius 1 is 1.25 bits per heavy atom. The summed E-state index contributed by atoms with van der Waals surface area (Å²) in [6.45, 7) is 2.52. The topological polar surface area (TPSA) is 70.6 Å². The summed E-state index contributed by atoms with van der Waals surface area (Å²) in [6, 6.07) is 3.40. The molecule has 1 aromatic rings. The molecular formula is C17H25N3O3S. The molecule has 7 heteroatoms. The zero-order valence-electron chi connectivity index (χ0n) is 14.3. The maximum absolute atomic E-state index is 12.8. The van der Waals surface area contributed by atoms with Crippen molar-refractivity contribution >= 4 is 15.9 Å². The number of rotatable bonds is 5. The highest BCUT2D eigenvalue weighted by Gasteiger charge is 2.44. The van der Waals surface area contributed by atoms with Crippen molar-refractivity contribution in [1.29, 1.82) is 0 Å². The fraction of sp³-hybridized carbons (Fsp3) is 0.647. The zero-order valence-corrected chi connectivity index (χ0v) is 15.1. The van der Waals surface area contributed by atoms with E-state index in [4.69, 9.17) is 0 Å². The van der Waals surface area contributed by atoms with Gasteiger partial charge in [-0.3, -0.25) is 9.78 Å². The predicted octanol–water partition coefficient (Wildman–Crippen LogP) is 1.81. The first kappa shape index (κ1) is 17.4. The molecule has 24 heavy (non-hydrogen) atoms. The third-order valence-electron chi connectivity index (χ3n) is 5.42. The Kier molecular flexibility index (Phi) is 4.92. The molecule has 2 heterocycles. The van der Waals surface area contributed by atoms with E-state index in [1.807, 2.05) is 19.1 Å². The number of hydrogen-bond donors (Lipinski definition) is 0. The van der Waals surface area contributed by atoms with Gasteiger partial charge in [0.15, 0.2) is 0 Å². The highest BCUT2D eigenvalue weighted by molar-refractivity contribution is 7.89. The molecule has 132 valence electrons. The van der Waals surface area contributed by atoms with Gasteiger partial charge in [0.25, 0.3) is 0 Å². The van der Waals surface area contributed by atoms with Gasteiger partial charge in [-0.05, 0) is 37.5 Å². The van der Waals surface area contributed by atoms with Crippen molar-refractivity contribution in [2.24, 2.45) is 5.92 Å². The lowest BCUT2D eigenvalue weighted by molar-refractivity contribution is -0.138. The maximum Gasteiger partial charge on any atom is 0.225 e. The van der Waals surface area contributed by atoms with Crippen LogP contribution in [0.5, 0.6) is 0 Å². The van der Waals surface area contributed by atoms with Crippen molar-refractivity contribution in [2.75, 3.05) is 20.1 Å². The summed E-state index contributed by atoms with van der Waals surface area (Å²) in [4.78, 5) is 18.0. The van der Waals surface area contributed by atoms with E-state index in [0.717, 1.165) is 31.2 Å². The van der Waals surface area contributed by atoms with Crippen LogP contribution in [0.4, 0.5) is 0 Å². The number of likely N-dealkylation sites (tertiary alicyclic amines) is 1. The van der Waals surface area contributed by atoms with Gasteiger partial charge < -0.3 is 4.90 Å². The summed E-state index contributed by atoms with van der Waals surface area (Å²) in [7, 11) is -1.81. The highest BCUT2D eigenvalue weighted by atomic mass is 32.2. The predicted molar refractivity (Wildman–Crippen MR) is 91.7 cm³/mol. The second-order valence-corrected chi connectivity index (χ2v) is 9.14. The van der Waals surface area contributed by atoms with Crippen LogP contribution in [-0.4, -0.2) is 53.9 Å². The quantitative estimate of drug-likeness (QED) is 0.811. The Morgan fingerprint density at radius 3 is 2.42 bits per heavy atom. The van der Waals surface area contributed by atoms with Crippen LogP contribution in [0.1, 0.15) is 44.2 Å². The smallest absolute Gasteiger partial charge is 0.225 e. The largest absolute Gasteiger partial charge is 0.340 e. The average molecular weight is 351 g/mol. The molecular weight excluding hydrogens is 326 g/mol. The molecule has 1 atom stereocenters. The van der Waals surface area contributed by atoms with Crippen LogP contribution in [0.25, 0.3) is 0 Å². The maximum atomic E-state index is 12.8. The van der Waals surface area contributed by atoms with Crippen LogP contribution in [0.2, 0.25) is 0 Å². The van der Waals surface area contributed by atoms with Crippen molar-refractivity contribution in [1.82, 2.24) is 14.2 Å². The van der Waals surface area contributed by atoms with Crippen molar-refractivity contribution < 1.29 is 13.2 Å². The van der Waals surface area contributed by atoms with E-state index >= 15 is 0 Å². The van der Waals surface area contributed by atoms with Crippen LogP contribution in [0, 0.1) is 5.92 Å². The molecule has 6 nitrogen and oxygen atoms in total. The lowest BCUT2D eigenvalue weighted by Crippen LogP contribution is -2.60. The fourth-order valence-electron chi connectivity index (χ4n) is 3.54. The molecule has 0 radical (unpaired) electrons. The van der Waals surface area contributed by atoms with E-state index in [2.05, 4.69) is 4.98 Å². The van der Waals surface area contributed by atoms with Crippen LogP contribution in [0.15, 0.2) is 24.5 Å². The second-order valence-electron chi connectivity index (χ2n) is 6.86. The molecule has 0 aromatic carbocycles. The summed E-state index contributed by atoms with van der Waals surface area (Å²) in [5, 5.41) is -0.489. The molecule has 1 aliphatic carbocycles. The summed E-state index contributed by atoms with van der Waals surface area (Å²) >= 11 is 0. The van der Waals surface area contributed by atoms with Crippen molar-refractivity contribution in [3.63, 3.8) is 0 Å². The van der Waals surface area contributed by atoms with Gasteiger partial charge in [0.1, 0.15) is 5.25 Å². The molecule has 1 amide bonds. The number of carbonyl (C=O) groups excluding carboxylic acids is 1. The van der Waals surface area contributed by atoms with E-state index in [9.17, 15) is 13.2 Å². The third kappa shape index (κ3) is 3.19. The van der Waals surface area contributed by atoms with E-state index in [1.165, 1.54) is 4.31 Å². The number of hydrogen-bond acceptors (Lipinski definition) is 4. The number of aromatic nitrogens is 1. The highest BCUT2D eigenvalue weighted by Crippen LogP contribution is 2.31. The number of pyridine rings is 1. The normalized spacial score (nSPS) is 21.0. The number of nitrogens with zero attached hydrogens (tertiary/aromatic N) is 3. The summed E-state index contributed by atoms with van der Waals surface area (Å²) in [5.41, 5.74) is 0.911. The minimum atomic E-state index is -3.42. The Labute approximate surface area is 143 Å². The van der Waals surface area contributed by atoms with Gasteiger partial charge in [0.05, 0.1) is 0 Å². The average Bonchev–Trinajstić information content (AvgIpc) is 3.07. The molecule has 0 spiro atoms. The van der Waals surface area contributed by atoms with Crippen molar-refractivity contribution in [3.05, 3.63) is 30.1 Å². The van der Waals surface area contributed by atoms with Gasteiger partial charge in [-0.2, -0.15) is 4.31 Å². The molecule has 2 fully saturated rings. The summed E-state index contributed by atoms with van der Waals surface area (Å²) in [6.07, 6.45) is 7.45. The lowest BCUT2D eigenvalue weighted by atomic mass is 10.0. The van der Waals surface area contributed by atoms with E-state index in [-0.39, 0.29) is 17.9 Å². The molecule has 0 N–H and O–H groups in total. The minimum Gasteiger partial charge on any atom is -0.340 e. The molecule has 0 bridgehead atoms. The van der Waals surface area contributed by atoms with Gasteiger partial charge in [-0.1, -0.05) is 12.8 Å². The Balaban J connectivity index is 1.61. The Morgan fingerprint density at radius 2 is 1.83 bits per heavy atom. The third-order valence-corrected chi connectivity index (χ3v) is 7.68. The molecule has 1 saturated carbocycles. The van der Waals surface area contributed by atoms with E-state index in [1.54, 1.807) is 24.3 Å². The zero-order chi connectivity index (χ0) is 17.3. The standard InChI is InChI=1S/C17H25N3O3S/c1-13(14-7-9-18-10-8-14)19(2)24(22,23)16-11-20(12-16)17(21)15-5-3-4-6-15/h7-10,13,15-16H,3-6,11-12H2,1-2H3/t13-/m0/s1. The number of carbonyl (C=O) groups is 1. The molecule has 2 aliphatic rings. The van der Waals surface area contributed by atoms with Crippen LogP contribution >= 0.6 is 0 Å². The number of amides is 1. The lowest BCUT2D eigenvalue weighted by Gasteiger charge is -2.42. The van der Waals surface area contributed by atoms with E-state index < -0.39 is 15.3 Å². The molecule has 3 rings (SSSR count). The Hall–Kier alpha value is -1.47. The molecule has 0 unspecified atom stereocenters. The van der Waals surface area contributed by atoms with Crippen LogP contribution in [-0.2, 0) is 14.8 Å². The summed E-state index contributed by atoms with van der Waals surface area (Å²) < 4.78 is 27.0. The molecule has 1 aromatic heterocycles. The summed E-state index contributed by atoms with van der Waals surface area (Å²) in [5.74, 6) is 0.255. The van der Waals surface area contributed by atoms with Gasteiger partial charge in [0.2, 0.25) is 15.9 Å². The Bertz CT molecular complexity index is 680. The molecule has 1 saturated heterocycles. The fourth-order valence-corrected chi connectivity index (χ4v) is 5.31. The van der Waals surface area contributed by atoms with Gasteiger partial charge in [0, 0.05) is 44.5 Å². The van der Waals surface area contributed by atoms with Gasteiger partial charge in [-0.25, -0.2) is 8.42 Å². The van der Waals surface area contributed by atoms with Crippen LogP contribution in [0.3, 0.4) is 0 Å². The van der Waals surface area contributed by atoms with Crippen molar-refractivity contribution in [2.45, 2.75) is 43.9 Å². The first-order valence-electron chi connectivity index (χ1n) is 8.57.